The minimum absolute atomic E-state index is 0.0281. The van der Waals surface area contributed by atoms with Gasteiger partial charge in [-0.05, 0) is 118 Å². The number of rotatable bonds is 50. The van der Waals surface area contributed by atoms with Crippen LogP contribution in [-0.4, -0.2) is 259 Å². The van der Waals surface area contributed by atoms with Crippen molar-refractivity contribution in [1.82, 2.24) is 45.4 Å². The number of aromatic hydroxyl groups is 1. The third-order valence-corrected chi connectivity index (χ3v) is 19.4. The highest BCUT2D eigenvalue weighted by Gasteiger charge is 2.51. The summed E-state index contributed by atoms with van der Waals surface area (Å²) in [6.45, 7) is 10.2. The molecule has 0 radical (unpaired) electrons. The number of aryl methyl sites for hydroxylation is 1. The number of fused-ring (bicyclic) bond motifs is 5. The lowest BCUT2D eigenvalue weighted by atomic mass is 9.81. The zero-order valence-corrected chi connectivity index (χ0v) is 68.5. The molecule has 648 valence electrons. The monoisotopic (exact) mass is 1740 g/mol. The molecule has 41 heteroatoms. The third-order valence-electron chi connectivity index (χ3n) is 18.6. The highest BCUT2D eigenvalue weighted by Crippen LogP contribution is 2.43. The molecule has 6 heterocycles. The lowest BCUT2D eigenvalue weighted by Crippen LogP contribution is -2.47. The highest BCUT2D eigenvalue weighted by atomic mass is 35.5. The topological polar surface area (TPSA) is 485 Å². The van der Waals surface area contributed by atoms with Gasteiger partial charge < -0.3 is 104 Å². The Morgan fingerprint density at radius 1 is 0.686 bits per heavy atom. The second kappa shape index (κ2) is 51.4. The Labute approximate surface area is 699 Å². The van der Waals surface area contributed by atoms with E-state index in [2.05, 4.69) is 31.6 Å². The summed E-state index contributed by atoms with van der Waals surface area (Å²) in [5.74, 6) is -5.25. The van der Waals surface area contributed by atoms with Crippen molar-refractivity contribution in [3.05, 3.63) is 111 Å². The number of anilines is 1. The van der Waals surface area contributed by atoms with Crippen LogP contribution < -0.4 is 32.6 Å². The zero-order chi connectivity index (χ0) is 85.4. The van der Waals surface area contributed by atoms with Crippen LogP contribution in [-0.2, 0) is 145 Å². The number of aromatic nitrogens is 5. The number of amides is 6. The maximum atomic E-state index is 14.1. The van der Waals surface area contributed by atoms with Crippen molar-refractivity contribution in [1.29, 1.82) is 0 Å². The second-order valence-corrected chi connectivity index (χ2v) is 29.0. The lowest BCUT2D eigenvalue weighted by molar-refractivity contribution is -0.175. The predicted molar refractivity (Wildman–Crippen MR) is 424 cm³/mol. The molecule has 0 unspecified atom stereocenters. The summed E-state index contributed by atoms with van der Waals surface area (Å²) in [6.07, 6.45) is 8.10. The Morgan fingerprint density at radius 3 is 1.81 bits per heavy atom. The number of halogens is 4. The molecular formula is C77H101Cl4N11O26. The van der Waals surface area contributed by atoms with Gasteiger partial charge in [-0.1, -0.05) is 77.6 Å². The maximum Gasteiger partial charge on any atom is 0.510 e. The molecule has 37 nitrogen and oxygen atoms in total. The first-order chi connectivity index (χ1) is 56.9. The number of unbranched alkanes of at least 4 members (excludes halogenated alkanes) is 1. The summed E-state index contributed by atoms with van der Waals surface area (Å²) in [4.78, 5) is 139. The first-order valence-electron chi connectivity index (χ1n) is 38.4. The molecule has 1 saturated carbocycles. The average molecular weight is 1740 g/mol. The molecule has 5 aromatic rings. The molecule has 4 aliphatic rings. The van der Waals surface area contributed by atoms with Crippen LogP contribution in [0, 0.1) is 11.8 Å². The highest BCUT2D eigenvalue weighted by molar-refractivity contribution is 6.53. The van der Waals surface area contributed by atoms with E-state index in [9.17, 15) is 57.8 Å². The van der Waals surface area contributed by atoms with E-state index >= 15 is 0 Å². The summed E-state index contributed by atoms with van der Waals surface area (Å²) < 4.78 is 69.8. The van der Waals surface area contributed by atoms with Gasteiger partial charge in [-0.2, -0.15) is 0 Å². The number of benzene rings is 2. The number of alkyl halides is 4. The number of aliphatic carboxylic acids is 2. The molecule has 2 atom stereocenters. The van der Waals surface area contributed by atoms with E-state index in [4.69, 9.17) is 124 Å². The van der Waals surface area contributed by atoms with Gasteiger partial charge in [0.25, 0.3) is 17.4 Å². The van der Waals surface area contributed by atoms with E-state index < -0.39 is 81.9 Å². The van der Waals surface area contributed by atoms with Gasteiger partial charge in [-0.3, -0.25) is 38.5 Å². The summed E-state index contributed by atoms with van der Waals surface area (Å²) >= 11 is 19.1. The minimum Gasteiger partial charge on any atom is -0.508 e. The van der Waals surface area contributed by atoms with Crippen molar-refractivity contribution in [2.75, 3.05) is 144 Å². The van der Waals surface area contributed by atoms with Gasteiger partial charge >= 0.3 is 24.1 Å². The number of carboxylic acid groups (broad SMARTS) is 2. The summed E-state index contributed by atoms with van der Waals surface area (Å²) in [5, 5.41) is 45.8. The molecule has 9 rings (SSSR count). The van der Waals surface area contributed by atoms with E-state index in [1.807, 2.05) is 6.92 Å². The Bertz CT molecular complexity index is 4190. The molecule has 0 spiro atoms. The van der Waals surface area contributed by atoms with Crippen LogP contribution >= 0.6 is 46.4 Å². The molecule has 0 bridgehead atoms. The smallest absolute Gasteiger partial charge is 0.508 e. The fraction of sp³-hybridized carbons (Fsp3) is 0.558. The van der Waals surface area contributed by atoms with E-state index in [0.717, 1.165) is 29.4 Å². The number of ether oxygens (including phenoxy) is 12. The van der Waals surface area contributed by atoms with Crippen LogP contribution in [0.2, 0.25) is 0 Å². The molecular weight excluding hydrogens is 1640 g/mol. The Balaban J connectivity index is 0.00000149. The van der Waals surface area contributed by atoms with Crippen molar-refractivity contribution in [2.45, 2.75) is 126 Å². The number of imide groups is 1. The number of nitrogens with zero attached hydrogens (tertiary/aromatic N) is 6. The van der Waals surface area contributed by atoms with Crippen molar-refractivity contribution in [3.63, 3.8) is 0 Å². The van der Waals surface area contributed by atoms with Crippen molar-refractivity contribution in [2.24, 2.45) is 17.6 Å². The van der Waals surface area contributed by atoms with Gasteiger partial charge in [-0.15, -0.1) is 5.10 Å². The first kappa shape index (κ1) is 96.1. The number of carbonyl (C=O) groups is 10. The SMILES string of the molecule is CCc1c2c(nc3ccc(O)cc13)-c1cc3c(c(=O)n1C2)COC(=O)[C@@]3(CC)OC(=O)OCc1ccc(NC(=O)[C@H](CCCCN)NC(=O)COCC(=O)NCCOCCOCCOCCOCCOCCOCCOCCOCCn2cc(CNC(=O)C3CCC(CN4C(=O)C=CC4=O)CC3)nn2)cc1.O=C(O)C(Cl)Cl.O=C(O)C(Cl)Cl. The Morgan fingerprint density at radius 2 is 1.25 bits per heavy atom. The Kier molecular flexibility index (Phi) is 41.9. The Hall–Kier alpha value is -9.06. The molecule has 3 aliphatic heterocycles. The fourth-order valence-electron chi connectivity index (χ4n) is 12.6. The number of pyridine rings is 2. The van der Waals surface area contributed by atoms with E-state index in [1.165, 1.54) is 17.1 Å². The summed E-state index contributed by atoms with van der Waals surface area (Å²) in [5.41, 5.74) is 8.52. The number of hydrogen-bond acceptors (Lipinski definition) is 28. The van der Waals surface area contributed by atoms with E-state index in [0.29, 0.717) is 185 Å². The van der Waals surface area contributed by atoms with E-state index in [-0.39, 0.29) is 98.7 Å². The molecule has 3 aromatic heterocycles. The molecule has 0 saturated heterocycles. The number of esters is 1. The fourth-order valence-corrected chi connectivity index (χ4v) is 12.6. The number of carboxylic acids is 2. The maximum absolute atomic E-state index is 14.1. The number of nitrogens with one attached hydrogen (secondary N) is 4. The number of hydrogen-bond donors (Lipinski definition) is 8. The molecule has 9 N–H and O–H groups in total. The number of carbonyl (C=O) groups excluding carboxylic acids is 8. The normalized spacial score (nSPS) is 16.1. The van der Waals surface area contributed by atoms with Crippen LogP contribution in [0.3, 0.4) is 0 Å². The summed E-state index contributed by atoms with van der Waals surface area (Å²) in [6, 6.07) is 12.0. The molecule has 6 amide bonds. The lowest BCUT2D eigenvalue weighted by Gasteiger charge is -2.35. The van der Waals surface area contributed by atoms with Crippen LogP contribution in [0.25, 0.3) is 22.3 Å². The number of phenols is 1. The van der Waals surface area contributed by atoms with Crippen LogP contribution in [0.5, 0.6) is 5.75 Å². The number of phenolic OH excluding ortho intramolecular Hbond substituents is 1. The van der Waals surface area contributed by atoms with Gasteiger partial charge in [0.2, 0.25) is 38.9 Å². The van der Waals surface area contributed by atoms with Crippen LogP contribution in [0.15, 0.2) is 71.7 Å². The van der Waals surface area contributed by atoms with Crippen LogP contribution in [0.4, 0.5) is 10.5 Å². The van der Waals surface area contributed by atoms with Crippen molar-refractivity contribution < 1.29 is 120 Å². The zero-order valence-electron chi connectivity index (χ0n) is 65.5. The van der Waals surface area contributed by atoms with Gasteiger partial charge in [-0.25, -0.2) is 28.8 Å². The standard InChI is InChI=1S/C73H97N11O22.2C2H2Cl2O2/c1-3-55-56-39-54(85)16-17-60(56)79-67-57(55)44-83-62(67)40-59-58(70(83)92)46-104-71(93)73(59,4-2)106-72(94)105-45-50-10-14-52(15-11-50)77-69(91)61(7-5-6-20-74)78-64(87)48-103-47-63(86)75-21-23-95-25-27-97-29-31-99-33-35-101-37-38-102-36-34-100-32-30-98-28-26-96-24-22-82-43-53(80-81-82)41-76-68(90)51-12-8-49(9-13-51)42-84-65(88)18-19-66(84)89;2*3-1(4)2(5)6/h10-11,14-19,39-40,43,49,51,61,85H,3-9,12-13,20-38,41-42,44-48,74H2,1-2H3,(H,75,86)(H,76,90)(H,77,91)(H,78,87);2*1H,(H,5,6)/t49?,51?,61-,73-;;/m0../s1. The van der Waals surface area contributed by atoms with Crippen molar-refractivity contribution in [3.8, 4) is 17.1 Å². The largest absolute Gasteiger partial charge is 0.510 e. The van der Waals surface area contributed by atoms with Gasteiger partial charge in [0.05, 0.1) is 154 Å². The molecule has 2 aromatic carbocycles. The molecule has 118 heavy (non-hydrogen) atoms. The van der Waals surface area contributed by atoms with Gasteiger partial charge in [0.15, 0.2) is 0 Å². The van der Waals surface area contributed by atoms with Gasteiger partial charge in [0.1, 0.15) is 43.9 Å². The van der Waals surface area contributed by atoms with Crippen molar-refractivity contribution >= 4 is 123 Å². The predicted octanol–water partition coefficient (Wildman–Crippen LogP) is 4.92. The molecule has 1 aliphatic carbocycles. The minimum atomic E-state index is -2.01. The summed E-state index contributed by atoms with van der Waals surface area (Å²) in [7, 11) is 0. The average Bonchev–Trinajstić information content (AvgIpc) is 1.51. The van der Waals surface area contributed by atoms with E-state index in [1.54, 1.807) is 70.9 Å². The quantitative estimate of drug-likeness (QED) is 0.0109. The van der Waals surface area contributed by atoms with Gasteiger partial charge in [0, 0.05) is 53.4 Å². The number of cyclic esters (lactones) is 1. The van der Waals surface area contributed by atoms with Crippen LogP contribution in [0.1, 0.15) is 98.7 Å². The molecule has 1 fully saturated rings. The number of nitrogens with two attached hydrogens (primary N) is 1. The third kappa shape index (κ3) is 31.3. The second-order valence-electron chi connectivity index (χ2n) is 26.8. The first-order valence-corrected chi connectivity index (χ1v) is 40.1.